The lowest BCUT2D eigenvalue weighted by molar-refractivity contribution is -0.169. The molecule has 2 rings (SSSR count). The van der Waals surface area contributed by atoms with Gasteiger partial charge in [0.1, 0.15) is 12.0 Å². The van der Waals surface area contributed by atoms with Crippen molar-refractivity contribution in [1.29, 1.82) is 0 Å². The van der Waals surface area contributed by atoms with Gasteiger partial charge in [-0.15, -0.1) is 0 Å². The lowest BCUT2D eigenvalue weighted by Gasteiger charge is -2.15. The van der Waals surface area contributed by atoms with E-state index in [9.17, 15) is 26.3 Å². The maximum atomic E-state index is 12.9. The zero-order chi connectivity index (χ0) is 15.3. The number of nitrogen functional groups attached to an aromatic ring is 2. The van der Waals surface area contributed by atoms with Gasteiger partial charge in [0.25, 0.3) is 0 Å². The molecular formula is C10H8F6N2O2. The van der Waals surface area contributed by atoms with E-state index in [1.165, 1.54) is 0 Å². The number of ether oxygens (including phenoxy) is 2. The van der Waals surface area contributed by atoms with E-state index in [-0.39, 0.29) is 0 Å². The predicted molar refractivity (Wildman–Crippen MR) is 56.0 cm³/mol. The lowest BCUT2D eigenvalue weighted by atomic mass is 10.1. The first kappa shape index (κ1) is 14.4. The third-order valence-electron chi connectivity index (χ3n) is 2.51. The molecule has 0 bridgehead atoms. The van der Waals surface area contributed by atoms with Crippen LogP contribution < -0.4 is 20.9 Å². The molecule has 1 heterocycles. The van der Waals surface area contributed by atoms with E-state index in [4.69, 9.17) is 11.5 Å². The average Bonchev–Trinajstić information content (AvgIpc) is 2.55. The van der Waals surface area contributed by atoms with Gasteiger partial charge in [0, 0.05) is 6.07 Å². The van der Waals surface area contributed by atoms with Crippen LogP contribution in [0.2, 0.25) is 0 Å². The van der Waals surface area contributed by atoms with Crippen LogP contribution in [0.1, 0.15) is 12.0 Å². The molecular weight excluding hydrogens is 294 g/mol. The summed E-state index contributed by atoms with van der Waals surface area (Å²) in [4.78, 5) is 0. The summed E-state index contributed by atoms with van der Waals surface area (Å²) in [5.41, 5.74) is 7.79. The molecule has 0 saturated carbocycles. The van der Waals surface area contributed by atoms with Gasteiger partial charge in [-0.1, -0.05) is 0 Å². The number of fused-ring (bicyclic) bond motifs is 1. The van der Waals surface area contributed by atoms with E-state index in [2.05, 4.69) is 9.47 Å². The number of anilines is 2. The summed E-state index contributed by atoms with van der Waals surface area (Å²) in [5.74, 6) is -1.39. The fourth-order valence-corrected chi connectivity index (χ4v) is 1.73. The van der Waals surface area contributed by atoms with Crippen LogP contribution in [0.5, 0.6) is 11.5 Å². The largest absolute Gasteiger partial charge is 0.451 e. The van der Waals surface area contributed by atoms with Crippen molar-refractivity contribution in [2.45, 2.75) is 25.1 Å². The molecule has 0 aromatic heterocycles. The molecule has 0 saturated heterocycles. The van der Waals surface area contributed by atoms with Crippen LogP contribution in [0, 0.1) is 0 Å². The highest BCUT2D eigenvalue weighted by Crippen LogP contribution is 2.51. The van der Waals surface area contributed by atoms with E-state index < -0.39 is 53.5 Å². The number of nitrogens with two attached hydrogens (primary N) is 2. The maximum absolute atomic E-state index is 12.9. The minimum atomic E-state index is -4.93. The van der Waals surface area contributed by atoms with Crippen molar-refractivity contribution in [3.8, 4) is 11.5 Å². The first-order chi connectivity index (χ1) is 8.99. The number of alkyl halides is 6. The Kier molecular flexibility index (Phi) is 3.06. The van der Waals surface area contributed by atoms with Gasteiger partial charge in [-0.3, -0.25) is 0 Å². The SMILES string of the molecule is Nc1cc2c(c(C(F)(F)F)c1N)OC(CC(F)(F)F)O2. The van der Waals surface area contributed by atoms with Crippen LogP contribution in [0.25, 0.3) is 0 Å². The fraction of sp³-hybridized carbons (Fsp3) is 0.400. The Morgan fingerprint density at radius 1 is 1.05 bits per heavy atom. The van der Waals surface area contributed by atoms with Crippen molar-refractivity contribution in [2.24, 2.45) is 0 Å². The molecule has 1 aromatic rings. The van der Waals surface area contributed by atoms with Gasteiger partial charge in [0.05, 0.1) is 11.4 Å². The van der Waals surface area contributed by atoms with Gasteiger partial charge < -0.3 is 20.9 Å². The van der Waals surface area contributed by atoms with Gasteiger partial charge in [0.15, 0.2) is 11.5 Å². The van der Waals surface area contributed by atoms with E-state index in [0.29, 0.717) is 0 Å². The van der Waals surface area contributed by atoms with Crippen molar-refractivity contribution < 1.29 is 35.8 Å². The van der Waals surface area contributed by atoms with Crippen molar-refractivity contribution in [1.82, 2.24) is 0 Å². The highest BCUT2D eigenvalue weighted by molar-refractivity contribution is 5.76. The van der Waals surface area contributed by atoms with Crippen LogP contribution in [0.4, 0.5) is 37.7 Å². The highest BCUT2D eigenvalue weighted by atomic mass is 19.4. The van der Waals surface area contributed by atoms with Crippen LogP contribution in [-0.2, 0) is 6.18 Å². The molecule has 1 unspecified atom stereocenters. The van der Waals surface area contributed by atoms with Gasteiger partial charge in [-0.25, -0.2) is 0 Å². The van der Waals surface area contributed by atoms with E-state index in [1.807, 2.05) is 0 Å². The third-order valence-corrected chi connectivity index (χ3v) is 2.51. The second kappa shape index (κ2) is 4.25. The van der Waals surface area contributed by atoms with E-state index in [1.54, 1.807) is 0 Å². The molecule has 20 heavy (non-hydrogen) atoms. The van der Waals surface area contributed by atoms with Crippen LogP contribution in [0.15, 0.2) is 6.07 Å². The summed E-state index contributed by atoms with van der Waals surface area (Å²) < 4.78 is 84.4. The topological polar surface area (TPSA) is 70.5 Å². The summed E-state index contributed by atoms with van der Waals surface area (Å²) in [7, 11) is 0. The Hall–Kier alpha value is -2.00. The third kappa shape index (κ3) is 2.63. The molecule has 0 radical (unpaired) electrons. The number of hydrogen-bond acceptors (Lipinski definition) is 4. The summed E-state index contributed by atoms with van der Waals surface area (Å²) in [6.45, 7) is 0. The zero-order valence-electron chi connectivity index (χ0n) is 9.60. The quantitative estimate of drug-likeness (QED) is 0.618. The molecule has 1 atom stereocenters. The van der Waals surface area contributed by atoms with Crippen molar-refractivity contribution in [3.05, 3.63) is 11.6 Å². The zero-order valence-corrected chi connectivity index (χ0v) is 9.60. The minimum absolute atomic E-state index is 0.452. The molecule has 0 spiro atoms. The van der Waals surface area contributed by atoms with Crippen molar-refractivity contribution >= 4 is 11.4 Å². The number of halogens is 6. The second-order valence-electron chi connectivity index (χ2n) is 4.06. The molecule has 4 N–H and O–H groups in total. The monoisotopic (exact) mass is 302 g/mol. The minimum Gasteiger partial charge on any atom is -0.451 e. The summed E-state index contributed by atoms with van der Waals surface area (Å²) in [6, 6.07) is 0.899. The highest BCUT2D eigenvalue weighted by Gasteiger charge is 2.45. The maximum Gasteiger partial charge on any atom is 0.422 e. The van der Waals surface area contributed by atoms with Crippen molar-refractivity contribution in [3.63, 3.8) is 0 Å². The van der Waals surface area contributed by atoms with Crippen LogP contribution in [0.3, 0.4) is 0 Å². The normalized spacial score (nSPS) is 18.4. The van der Waals surface area contributed by atoms with Gasteiger partial charge >= 0.3 is 12.4 Å². The number of hydrogen-bond donors (Lipinski definition) is 2. The van der Waals surface area contributed by atoms with Crippen LogP contribution >= 0.6 is 0 Å². The van der Waals surface area contributed by atoms with Gasteiger partial charge in [0.2, 0.25) is 6.29 Å². The first-order valence-corrected chi connectivity index (χ1v) is 5.18. The smallest absolute Gasteiger partial charge is 0.422 e. The lowest BCUT2D eigenvalue weighted by Crippen LogP contribution is -2.26. The number of benzene rings is 1. The molecule has 1 aliphatic heterocycles. The first-order valence-electron chi connectivity index (χ1n) is 5.18. The molecule has 0 amide bonds. The summed E-state index contributed by atoms with van der Waals surface area (Å²) in [6.07, 6.45) is -13.0. The molecule has 1 aromatic carbocycles. The molecule has 0 fully saturated rings. The van der Waals surface area contributed by atoms with Gasteiger partial charge in [-0.2, -0.15) is 26.3 Å². The Bertz CT molecular complexity index is 540. The number of rotatable bonds is 1. The molecule has 0 aliphatic carbocycles. The van der Waals surface area contributed by atoms with E-state index >= 15 is 0 Å². The van der Waals surface area contributed by atoms with Gasteiger partial charge in [-0.05, 0) is 0 Å². The second-order valence-corrected chi connectivity index (χ2v) is 4.06. The predicted octanol–water partition coefficient (Wildman–Crippen LogP) is 2.92. The standard InChI is InChI=1S/C10H8F6N2O2/c11-9(12,13)2-5-19-4-1-3(17)7(18)6(8(4)20-5)10(14,15)16/h1,5H,2,17-18H2. The molecule has 112 valence electrons. The molecule has 10 heteroatoms. The Balaban J connectivity index is 2.42. The Morgan fingerprint density at radius 3 is 2.15 bits per heavy atom. The Labute approximate surface area is 108 Å². The van der Waals surface area contributed by atoms with Crippen molar-refractivity contribution in [2.75, 3.05) is 11.5 Å². The average molecular weight is 302 g/mol. The molecule has 1 aliphatic rings. The fourth-order valence-electron chi connectivity index (χ4n) is 1.73. The van der Waals surface area contributed by atoms with E-state index in [0.717, 1.165) is 6.07 Å². The Morgan fingerprint density at radius 2 is 1.65 bits per heavy atom. The van der Waals surface area contributed by atoms with Crippen LogP contribution in [-0.4, -0.2) is 12.5 Å². The summed E-state index contributed by atoms with van der Waals surface area (Å²) in [5, 5.41) is 0. The summed E-state index contributed by atoms with van der Waals surface area (Å²) >= 11 is 0. The molecule has 4 nitrogen and oxygen atoms in total.